The molecule has 8 N–H and O–H groups in total. The molecule has 0 amide bonds. The predicted octanol–water partition coefficient (Wildman–Crippen LogP) is 5.48. The lowest BCUT2D eigenvalue weighted by Crippen LogP contribution is -2.05. The summed E-state index contributed by atoms with van der Waals surface area (Å²) in [4.78, 5) is 4.55. The summed E-state index contributed by atoms with van der Waals surface area (Å²) < 4.78 is 10.7. The second kappa shape index (κ2) is 11.3. The van der Waals surface area contributed by atoms with Crippen LogP contribution < -0.4 is 27.3 Å². The number of phenolic OH excluding ortho intramolecular Hbond substituents is 1. The summed E-state index contributed by atoms with van der Waals surface area (Å²) in [5.41, 5.74) is 25.2. The largest absolute Gasteiger partial charge is 0.508 e. The van der Waals surface area contributed by atoms with Crippen molar-refractivity contribution in [1.82, 2.24) is 4.98 Å². The van der Waals surface area contributed by atoms with Gasteiger partial charge in [0.2, 0.25) is 0 Å². The molecule has 0 unspecified atom stereocenters. The molecule has 1 aliphatic carbocycles. The average Bonchev–Trinajstić information content (AvgIpc) is 2.85. The van der Waals surface area contributed by atoms with Crippen LogP contribution in [0.25, 0.3) is 22.6 Å². The number of nitrogen functional groups attached to an aromatic ring is 3. The van der Waals surface area contributed by atoms with E-state index in [1.54, 1.807) is 31.4 Å². The number of aromatic hydroxyl groups is 1. The third kappa shape index (κ3) is 6.70. The molecule has 0 atom stereocenters. The number of fused-ring (bicyclic) bond motifs is 2. The van der Waals surface area contributed by atoms with Gasteiger partial charge in [-0.15, -0.1) is 0 Å². The van der Waals surface area contributed by atoms with Crippen LogP contribution in [0.5, 0.6) is 11.5 Å². The summed E-state index contributed by atoms with van der Waals surface area (Å²) in [5, 5.41) is 17.1. The molecule has 1 heterocycles. The molecule has 37 heavy (non-hydrogen) atoms. The van der Waals surface area contributed by atoms with Gasteiger partial charge in [-0.05, 0) is 74.2 Å². The van der Waals surface area contributed by atoms with Crippen molar-refractivity contribution in [3.63, 3.8) is 0 Å². The lowest BCUT2D eigenvalue weighted by atomic mass is 10.1. The highest BCUT2D eigenvalue weighted by atomic mass is 16.5. The molecular formula is C29H33N5O3. The Morgan fingerprint density at radius 1 is 0.757 bits per heavy atom. The number of hydrogen-bond acceptors (Lipinski definition) is 8. The van der Waals surface area contributed by atoms with E-state index in [1.807, 2.05) is 58.0 Å². The molecular weight excluding hydrogens is 466 g/mol. The van der Waals surface area contributed by atoms with Crippen molar-refractivity contribution in [3.05, 3.63) is 88.3 Å². The Morgan fingerprint density at radius 2 is 1.38 bits per heavy atom. The quantitative estimate of drug-likeness (QED) is 0.151. The molecule has 0 saturated heterocycles. The van der Waals surface area contributed by atoms with Crippen molar-refractivity contribution in [2.24, 2.45) is 0 Å². The number of aryl methyl sites for hydroxylation is 4. The van der Waals surface area contributed by atoms with Crippen molar-refractivity contribution >= 4 is 28.2 Å². The Morgan fingerprint density at radius 3 is 1.97 bits per heavy atom. The van der Waals surface area contributed by atoms with Gasteiger partial charge in [-0.2, -0.15) is 0 Å². The number of nitrogens with one attached hydrogen (secondary N) is 1. The zero-order chi connectivity index (χ0) is 27.3. The molecule has 0 radical (unpaired) electrons. The summed E-state index contributed by atoms with van der Waals surface area (Å²) in [6.07, 6.45) is 0. The highest BCUT2D eigenvalue weighted by Gasteiger charge is 2.11. The Hall–Kier alpha value is -4.72. The van der Waals surface area contributed by atoms with Crippen molar-refractivity contribution in [3.8, 4) is 23.0 Å². The minimum absolute atomic E-state index is 0.220. The van der Waals surface area contributed by atoms with Crippen LogP contribution in [0.3, 0.4) is 0 Å². The Balaban J connectivity index is 0.000000170. The van der Waals surface area contributed by atoms with Crippen LogP contribution in [0.4, 0.5) is 17.1 Å². The molecule has 3 aromatic carbocycles. The number of aromatic nitrogens is 1. The fourth-order valence-corrected chi connectivity index (χ4v) is 3.32. The van der Waals surface area contributed by atoms with Gasteiger partial charge >= 0.3 is 0 Å². The summed E-state index contributed by atoms with van der Waals surface area (Å²) in [5.74, 6) is 1.64. The molecule has 0 saturated carbocycles. The smallest absolute Gasteiger partial charge is 0.155 e. The Labute approximate surface area is 216 Å². The monoisotopic (exact) mass is 499 g/mol. The lowest BCUT2D eigenvalue weighted by molar-refractivity contribution is 0.415. The van der Waals surface area contributed by atoms with Crippen molar-refractivity contribution < 1.29 is 14.3 Å². The van der Waals surface area contributed by atoms with E-state index < -0.39 is 0 Å². The molecule has 8 nitrogen and oxygen atoms in total. The van der Waals surface area contributed by atoms with Gasteiger partial charge in [0.1, 0.15) is 22.7 Å². The van der Waals surface area contributed by atoms with Crippen molar-refractivity contribution in [2.75, 3.05) is 24.3 Å². The fourth-order valence-electron chi connectivity index (χ4n) is 3.32. The van der Waals surface area contributed by atoms with E-state index in [4.69, 9.17) is 36.9 Å². The number of rotatable bonds is 1. The van der Waals surface area contributed by atoms with Gasteiger partial charge in [-0.1, -0.05) is 12.1 Å². The van der Waals surface area contributed by atoms with E-state index in [1.165, 1.54) is 6.07 Å². The predicted molar refractivity (Wildman–Crippen MR) is 150 cm³/mol. The maximum Gasteiger partial charge on any atom is 0.155 e. The third-order valence-electron chi connectivity index (χ3n) is 5.86. The zero-order valence-corrected chi connectivity index (χ0v) is 21.7. The average molecular weight is 500 g/mol. The van der Waals surface area contributed by atoms with Crippen LogP contribution in [0, 0.1) is 33.1 Å². The summed E-state index contributed by atoms with van der Waals surface area (Å²) >= 11 is 0. The van der Waals surface area contributed by atoms with Crippen LogP contribution in [0.15, 0.2) is 65.1 Å². The van der Waals surface area contributed by atoms with Gasteiger partial charge < -0.3 is 36.9 Å². The first-order chi connectivity index (χ1) is 17.5. The number of methoxy groups -OCH3 is 1. The maximum atomic E-state index is 8.86. The van der Waals surface area contributed by atoms with Gasteiger partial charge in [-0.3, -0.25) is 0 Å². The van der Waals surface area contributed by atoms with Crippen molar-refractivity contribution in [1.29, 1.82) is 5.41 Å². The Kier molecular flexibility index (Phi) is 8.24. The van der Waals surface area contributed by atoms with Crippen LogP contribution in [0.2, 0.25) is 0 Å². The van der Waals surface area contributed by atoms with E-state index in [2.05, 4.69) is 4.98 Å². The SMILES string of the molecule is COc1ccc(C)c(N)c1.Cc1cc2nc3cc(C)c(=N)cc-3oc2cc1N.Cc1ccc(O)cc1N. The normalized spacial score (nSPS) is 10.3. The molecule has 5 rings (SSSR count). The van der Waals surface area contributed by atoms with Crippen molar-refractivity contribution in [2.45, 2.75) is 27.7 Å². The van der Waals surface area contributed by atoms with Gasteiger partial charge in [-0.25, -0.2) is 4.98 Å². The molecule has 8 heteroatoms. The van der Waals surface area contributed by atoms with Crippen LogP contribution in [0.1, 0.15) is 22.3 Å². The minimum Gasteiger partial charge on any atom is -0.508 e. The van der Waals surface area contributed by atoms with E-state index in [-0.39, 0.29) is 5.75 Å². The lowest BCUT2D eigenvalue weighted by Gasteiger charge is -2.09. The van der Waals surface area contributed by atoms with E-state index in [0.29, 0.717) is 28.1 Å². The van der Waals surface area contributed by atoms with Crippen LogP contribution in [-0.4, -0.2) is 17.2 Å². The first kappa shape index (κ1) is 26.9. The van der Waals surface area contributed by atoms with Gasteiger partial charge in [0.15, 0.2) is 11.3 Å². The topological polar surface area (TPSA) is 157 Å². The van der Waals surface area contributed by atoms with E-state index in [0.717, 1.165) is 44.9 Å². The molecule has 1 aliphatic heterocycles. The molecule has 0 fully saturated rings. The number of nitrogens with zero attached hydrogens (tertiary/aromatic N) is 1. The molecule has 0 spiro atoms. The highest BCUT2D eigenvalue weighted by molar-refractivity contribution is 5.81. The number of phenols is 1. The number of benzene rings is 4. The standard InChI is InChI=1S/C14H13N3O.C8H11NO.C7H9NO/c1-7-3-11-13(5-9(7)15)18-14-6-10(16)8(2)4-12(14)17-11;1-6-3-4-7(10-2)5-8(6)9;1-5-2-3-6(9)4-7(5)8/h3-6,15H,16H2,1-2H3;3-5H,9H2,1-2H3;2-4,9H,8H2,1H3. The number of ether oxygens (including phenoxy) is 1. The molecule has 0 aromatic heterocycles. The van der Waals surface area contributed by atoms with E-state index in [9.17, 15) is 0 Å². The van der Waals surface area contributed by atoms with Crippen LogP contribution in [-0.2, 0) is 0 Å². The van der Waals surface area contributed by atoms with Crippen LogP contribution >= 0.6 is 0 Å². The van der Waals surface area contributed by atoms with Gasteiger partial charge in [0, 0.05) is 41.3 Å². The zero-order valence-electron chi connectivity index (χ0n) is 21.7. The highest BCUT2D eigenvalue weighted by Crippen LogP contribution is 2.27. The molecule has 3 aromatic rings. The maximum absolute atomic E-state index is 8.86. The summed E-state index contributed by atoms with van der Waals surface area (Å²) in [6.45, 7) is 7.70. The second-order valence-electron chi connectivity index (χ2n) is 8.79. The molecule has 0 bridgehead atoms. The number of nitrogens with two attached hydrogens (primary N) is 3. The molecule has 2 aliphatic rings. The van der Waals surface area contributed by atoms with Gasteiger partial charge in [0.05, 0.1) is 12.5 Å². The first-order valence-corrected chi connectivity index (χ1v) is 11.6. The number of anilines is 3. The summed E-state index contributed by atoms with van der Waals surface area (Å²) in [7, 11) is 1.63. The first-order valence-electron chi connectivity index (χ1n) is 11.6. The summed E-state index contributed by atoms with van der Waals surface area (Å²) in [6, 6.07) is 17.8. The second-order valence-corrected chi connectivity index (χ2v) is 8.79. The Bertz CT molecular complexity index is 1580. The third-order valence-corrected chi connectivity index (χ3v) is 5.86. The van der Waals surface area contributed by atoms with E-state index >= 15 is 0 Å². The molecule has 192 valence electrons. The van der Waals surface area contributed by atoms with Gasteiger partial charge in [0.25, 0.3) is 0 Å². The number of hydrogen-bond donors (Lipinski definition) is 5. The minimum atomic E-state index is 0.220. The fraction of sp³-hybridized carbons (Fsp3) is 0.172.